The fraction of sp³-hybridized carbons (Fsp3) is 0.133. The fourth-order valence-electron chi connectivity index (χ4n) is 1.94. The Labute approximate surface area is 121 Å². The van der Waals surface area contributed by atoms with Gasteiger partial charge in [-0.2, -0.15) is 0 Å². The molecule has 0 unspecified atom stereocenters. The number of amides is 1. The van der Waals surface area contributed by atoms with E-state index in [-0.39, 0.29) is 12.2 Å². The van der Waals surface area contributed by atoms with E-state index in [0.717, 1.165) is 16.8 Å². The highest BCUT2D eigenvalue weighted by molar-refractivity contribution is 6.30. The number of carbonyl (C=O) groups is 1. The first-order valence-corrected chi connectivity index (χ1v) is 6.47. The summed E-state index contributed by atoms with van der Waals surface area (Å²) in [6.07, 6.45) is 0.160. The molecular weight excluding hydrogens is 279 g/mol. The number of para-hydroxylation sites is 1. The van der Waals surface area contributed by atoms with Gasteiger partial charge in [-0.3, -0.25) is 4.79 Å². The number of hydrogen-bond acceptors (Lipinski definition) is 2. The molecule has 2 aromatic carbocycles. The Morgan fingerprint density at radius 1 is 1.25 bits per heavy atom. The van der Waals surface area contributed by atoms with E-state index in [1.54, 1.807) is 6.07 Å². The van der Waals surface area contributed by atoms with Crippen LogP contribution in [0.5, 0.6) is 0 Å². The lowest BCUT2D eigenvalue weighted by molar-refractivity contribution is -0.117. The normalized spacial score (nSPS) is 10.3. The first-order valence-electron chi connectivity index (χ1n) is 6.09. The molecule has 0 aliphatic carbocycles. The van der Waals surface area contributed by atoms with Gasteiger partial charge in [-0.1, -0.05) is 29.8 Å². The number of rotatable bonds is 5. The highest BCUT2D eigenvalue weighted by Gasteiger charge is 2.05. The molecule has 0 spiro atoms. The van der Waals surface area contributed by atoms with Gasteiger partial charge in [-0.25, -0.2) is 4.39 Å². The highest BCUT2D eigenvalue weighted by Crippen LogP contribution is 2.19. The Bertz CT molecular complexity index is 611. The molecule has 0 atom stereocenters. The summed E-state index contributed by atoms with van der Waals surface area (Å²) in [6.45, 7) is 0.410. The van der Waals surface area contributed by atoms with E-state index in [1.165, 1.54) is 12.1 Å². The number of nitrogens with two attached hydrogens (primary N) is 1. The first kappa shape index (κ1) is 14.3. The van der Waals surface area contributed by atoms with Crippen molar-refractivity contribution in [1.29, 1.82) is 0 Å². The Balaban J connectivity index is 2.12. The van der Waals surface area contributed by atoms with Crippen LogP contribution in [-0.4, -0.2) is 5.91 Å². The van der Waals surface area contributed by atoms with Gasteiger partial charge in [-0.05, 0) is 35.4 Å². The molecule has 5 heteroatoms. The van der Waals surface area contributed by atoms with E-state index in [0.29, 0.717) is 11.6 Å². The van der Waals surface area contributed by atoms with Crippen molar-refractivity contribution >= 4 is 23.2 Å². The van der Waals surface area contributed by atoms with Gasteiger partial charge < -0.3 is 11.1 Å². The number of benzene rings is 2. The van der Waals surface area contributed by atoms with Crippen LogP contribution in [0.25, 0.3) is 0 Å². The third-order valence-electron chi connectivity index (χ3n) is 2.79. The molecule has 2 aromatic rings. The van der Waals surface area contributed by atoms with Crippen molar-refractivity contribution in [3.8, 4) is 0 Å². The average Bonchev–Trinajstić information content (AvgIpc) is 2.36. The maximum Gasteiger partial charge on any atom is 0.221 e. The van der Waals surface area contributed by atoms with Gasteiger partial charge in [-0.15, -0.1) is 0 Å². The van der Waals surface area contributed by atoms with E-state index in [9.17, 15) is 9.18 Å². The number of hydrogen-bond donors (Lipinski definition) is 2. The number of nitrogens with one attached hydrogen (secondary N) is 1. The van der Waals surface area contributed by atoms with Crippen LogP contribution >= 0.6 is 11.6 Å². The van der Waals surface area contributed by atoms with E-state index >= 15 is 0 Å². The molecule has 3 nitrogen and oxygen atoms in total. The van der Waals surface area contributed by atoms with Crippen molar-refractivity contribution in [2.75, 3.05) is 5.32 Å². The van der Waals surface area contributed by atoms with Crippen molar-refractivity contribution in [2.24, 2.45) is 5.73 Å². The zero-order valence-corrected chi connectivity index (χ0v) is 11.5. The maximum atomic E-state index is 13.2. The molecule has 1 amide bonds. The Morgan fingerprint density at radius 3 is 2.70 bits per heavy atom. The number of halogens is 2. The van der Waals surface area contributed by atoms with Gasteiger partial charge in [0.15, 0.2) is 0 Å². The van der Waals surface area contributed by atoms with Crippen LogP contribution in [0.2, 0.25) is 5.02 Å². The quantitative estimate of drug-likeness (QED) is 0.889. The minimum absolute atomic E-state index is 0.160. The third kappa shape index (κ3) is 3.96. The second kappa shape index (κ2) is 6.39. The standard InChI is InChI=1S/C15H14ClFN2O/c16-12-5-10(6-13(17)8-12)9-19-14-4-2-1-3-11(14)7-15(18)20/h1-6,8,19H,7,9H2,(H2,18,20). The second-order valence-corrected chi connectivity index (χ2v) is 4.87. The highest BCUT2D eigenvalue weighted by atomic mass is 35.5. The second-order valence-electron chi connectivity index (χ2n) is 4.43. The van der Waals surface area contributed by atoms with E-state index in [1.807, 2.05) is 24.3 Å². The average molecular weight is 293 g/mol. The van der Waals surface area contributed by atoms with E-state index < -0.39 is 5.91 Å². The van der Waals surface area contributed by atoms with Crippen LogP contribution in [0.1, 0.15) is 11.1 Å². The molecule has 3 N–H and O–H groups in total. The third-order valence-corrected chi connectivity index (χ3v) is 3.01. The summed E-state index contributed by atoms with van der Waals surface area (Å²) >= 11 is 5.80. The van der Waals surface area contributed by atoms with Crippen molar-refractivity contribution in [1.82, 2.24) is 0 Å². The van der Waals surface area contributed by atoms with Crippen LogP contribution in [0.3, 0.4) is 0 Å². The summed E-state index contributed by atoms with van der Waals surface area (Å²) in [4.78, 5) is 11.0. The maximum absolute atomic E-state index is 13.2. The minimum atomic E-state index is -0.395. The predicted molar refractivity (Wildman–Crippen MR) is 78.1 cm³/mol. The molecule has 0 heterocycles. The molecule has 2 rings (SSSR count). The smallest absolute Gasteiger partial charge is 0.221 e. The van der Waals surface area contributed by atoms with Gasteiger partial charge in [0.1, 0.15) is 5.82 Å². The van der Waals surface area contributed by atoms with Gasteiger partial charge in [0.05, 0.1) is 6.42 Å². The number of carbonyl (C=O) groups excluding carboxylic acids is 1. The van der Waals surface area contributed by atoms with Gasteiger partial charge in [0.25, 0.3) is 0 Å². The van der Waals surface area contributed by atoms with Crippen molar-refractivity contribution in [2.45, 2.75) is 13.0 Å². The van der Waals surface area contributed by atoms with Crippen LogP contribution in [-0.2, 0) is 17.8 Å². The molecule has 0 aliphatic rings. The van der Waals surface area contributed by atoms with Crippen LogP contribution in [0.4, 0.5) is 10.1 Å². The molecule has 0 aromatic heterocycles. The fourth-order valence-corrected chi connectivity index (χ4v) is 2.19. The topological polar surface area (TPSA) is 55.1 Å². The molecule has 104 valence electrons. The van der Waals surface area contributed by atoms with Crippen molar-refractivity contribution in [3.05, 3.63) is 64.4 Å². The Morgan fingerprint density at radius 2 is 2.00 bits per heavy atom. The predicted octanol–water partition coefficient (Wildman–Crippen LogP) is 3.12. The zero-order chi connectivity index (χ0) is 14.5. The van der Waals surface area contributed by atoms with Crippen LogP contribution in [0, 0.1) is 5.82 Å². The Hall–Kier alpha value is -2.07. The van der Waals surface area contributed by atoms with Gasteiger partial charge in [0, 0.05) is 17.3 Å². The van der Waals surface area contributed by atoms with E-state index in [4.69, 9.17) is 17.3 Å². The van der Waals surface area contributed by atoms with Gasteiger partial charge >= 0.3 is 0 Å². The Kier molecular flexibility index (Phi) is 4.58. The molecule has 0 saturated carbocycles. The van der Waals surface area contributed by atoms with Crippen molar-refractivity contribution < 1.29 is 9.18 Å². The molecule has 0 saturated heterocycles. The van der Waals surface area contributed by atoms with Crippen molar-refractivity contribution in [3.63, 3.8) is 0 Å². The SMILES string of the molecule is NC(=O)Cc1ccccc1NCc1cc(F)cc(Cl)c1. The number of primary amides is 1. The molecule has 20 heavy (non-hydrogen) atoms. The van der Waals surface area contributed by atoms with Gasteiger partial charge in [0.2, 0.25) is 5.91 Å². The monoisotopic (exact) mass is 292 g/mol. The summed E-state index contributed by atoms with van der Waals surface area (Å²) in [5.41, 5.74) is 7.54. The van der Waals surface area contributed by atoms with Crippen LogP contribution in [0.15, 0.2) is 42.5 Å². The summed E-state index contributed by atoms with van der Waals surface area (Å²) in [6, 6.07) is 11.7. The lowest BCUT2D eigenvalue weighted by Crippen LogP contribution is -2.15. The molecule has 0 bridgehead atoms. The molecule has 0 radical (unpaired) electrons. The minimum Gasteiger partial charge on any atom is -0.381 e. The largest absolute Gasteiger partial charge is 0.381 e. The summed E-state index contributed by atoms with van der Waals surface area (Å²) in [7, 11) is 0. The number of anilines is 1. The summed E-state index contributed by atoms with van der Waals surface area (Å²) < 4.78 is 13.2. The molecule has 0 aliphatic heterocycles. The lowest BCUT2D eigenvalue weighted by atomic mass is 10.1. The summed E-state index contributed by atoms with van der Waals surface area (Å²) in [5, 5.41) is 3.51. The van der Waals surface area contributed by atoms with E-state index in [2.05, 4.69) is 5.32 Å². The molecule has 0 fully saturated rings. The lowest BCUT2D eigenvalue weighted by Gasteiger charge is -2.11. The first-order chi connectivity index (χ1) is 9.54. The summed E-state index contributed by atoms with van der Waals surface area (Å²) in [5.74, 6) is -0.771. The molecular formula is C15H14ClFN2O. The zero-order valence-electron chi connectivity index (χ0n) is 10.7. The van der Waals surface area contributed by atoms with Crippen LogP contribution < -0.4 is 11.1 Å².